The van der Waals surface area contributed by atoms with Crippen LogP contribution in [0.2, 0.25) is 0 Å². The Kier molecular flexibility index (Phi) is 4.88. The van der Waals surface area contributed by atoms with Gasteiger partial charge in [0.25, 0.3) is 0 Å². The van der Waals surface area contributed by atoms with E-state index in [1.165, 1.54) is 5.56 Å². The van der Waals surface area contributed by atoms with Gasteiger partial charge in [0.1, 0.15) is 6.61 Å². The molecule has 3 rings (SSSR count). The number of anilines is 1. The SMILES string of the molecule is Cc1ccc(COC(=O)[C@@H]2CC(=O)N(c3cccc(C)c3C)C2)cc1. The van der Waals surface area contributed by atoms with Gasteiger partial charge in [-0.1, -0.05) is 42.0 Å². The molecule has 0 aliphatic carbocycles. The first-order valence-corrected chi connectivity index (χ1v) is 8.54. The molecule has 1 amide bonds. The summed E-state index contributed by atoms with van der Waals surface area (Å²) in [6.07, 6.45) is 0.208. The van der Waals surface area contributed by atoms with Crippen molar-refractivity contribution in [2.75, 3.05) is 11.4 Å². The maximum atomic E-state index is 12.4. The van der Waals surface area contributed by atoms with E-state index in [9.17, 15) is 9.59 Å². The Balaban J connectivity index is 1.64. The van der Waals surface area contributed by atoms with Gasteiger partial charge in [0.15, 0.2) is 0 Å². The second kappa shape index (κ2) is 7.09. The molecular formula is C21H23NO3. The third-order valence-electron chi connectivity index (χ3n) is 4.83. The maximum absolute atomic E-state index is 12.4. The summed E-state index contributed by atoms with van der Waals surface area (Å²) in [5.41, 5.74) is 5.22. The first kappa shape index (κ1) is 17.2. The van der Waals surface area contributed by atoms with Crippen LogP contribution >= 0.6 is 0 Å². The van der Waals surface area contributed by atoms with Crippen LogP contribution in [0.1, 0.15) is 28.7 Å². The van der Waals surface area contributed by atoms with Crippen molar-refractivity contribution < 1.29 is 14.3 Å². The highest BCUT2D eigenvalue weighted by Crippen LogP contribution is 2.30. The normalized spacial score (nSPS) is 17.0. The number of nitrogens with zero attached hydrogens (tertiary/aromatic N) is 1. The number of amides is 1. The summed E-state index contributed by atoms with van der Waals surface area (Å²) < 4.78 is 5.42. The first-order valence-electron chi connectivity index (χ1n) is 8.54. The average molecular weight is 337 g/mol. The Labute approximate surface area is 148 Å². The number of esters is 1. The lowest BCUT2D eigenvalue weighted by Gasteiger charge is -2.20. The molecular weight excluding hydrogens is 314 g/mol. The number of hydrogen-bond acceptors (Lipinski definition) is 3. The Morgan fingerprint density at radius 3 is 2.56 bits per heavy atom. The minimum atomic E-state index is -0.405. The third-order valence-corrected chi connectivity index (χ3v) is 4.83. The van der Waals surface area contributed by atoms with Crippen molar-refractivity contribution in [3.63, 3.8) is 0 Å². The van der Waals surface area contributed by atoms with Crippen molar-refractivity contribution in [3.8, 4) is 0 Å². The lowest BCUT2D eigenvalue weighted by atomic mass is 10.1. The quantitative estimate of drug-likeness (QED) is 0.799. The molecule has 0 N–H and O–H groups in total. The Morgan fingerprint density at radius 2 is 1.84 bits per heavy atom. The molecule has 4 nitrogen and oxygen atoms in total. The summed E-state index contributed by atoms with van der Waals surface area (Å²) in [5.74, 6) is -0.731. The molecule has 2 aromatic rings. The second-order valence-corrected chi connectivity index (χ2v) is 6.72. The van der Waals surface area contributed by atoms with E-state index in [0.29, 0.717) is 6.54 Å². The van der Waals surface area contributed by atoms with Crippen molar-refractivity contribution in [1.29, 1.82) is 0 Å². The lowest BCUT2D eigenvalue weighted by molar-refractivity contribution is -0.149. The Bertz CT molecular complexity index is 795. The number of rotatable bonds is 4. The van der Waals surface area contributed by atoms with E-state index in [1.54, 1.807) is 4.90 Å². The van der Waals surface area contributed by atoms with Gasteiger partial charge in [-0.15, -0.1) is 0 Å². The maximum Gasteiger partial charge on any atom is 0.311 e. The zero-order valence-electron chi connectivity index (χ0n) is 14.9. The van der Waals surface area contributed by atoms with Gasteiger partial charge < -0.3 is 9.64 Å². The molecule has 0 aromatic heterocycles. The topological polar surface area (TPSA) is 46.6 Å². The average Bonchev–Trinajstić information content (AvgIpc) is 2.98. The van der Waals surface area contributed by atoms with Crippen molar-refractivity contribution >= 4 is 17.6 Å². The minimum absolute atomic E-state index is 0.0222. The number of carbonyl (C=O) groups excluding carboxylic acids is 2. The predicted octanol–water partition coefficient (Wildman–Crippen LogP) is 3.71. The van der Waals surface area contributed by atoms with Crippen LogP contribution < -0.4 is 4.90 Å². The molecule has 1 aliphatic heterocycles. The molecule has 4 heteroatoms. The molecule has 1 heterocycles. The van der Waals surface area contributed by atoms with E-state index in [4.69, 9.17) is 4.74 Å². The van der Waals surface area contributed by atoms with E-state index in [0.717, 1.165) is 22.4 Å². The van der Waals surface area contributed by atoms with Gasteiger partial charge in [-0.3, -0.25) is 9.59 Å². The molecule has 0 spiro atoms. The van der Waals surface area contributed by atoms with Gasteiger partial charge in [0.2, 0.25) is 5.91 Å². The zero-order chi connectivity index (χ0) is 18.0. The van der Waals surface area contributed by atoms with Crippen LogP contribution in [0.5, 0.6) is 0 Å². The van der Waals surface area contributed by atoms with Crippen molar-refractivity contribution in [2.45, 2.75) is 33.8 Å². The molecule has 2 aromatic carbocycles. The molecule has 1 fully saturated rings. The molecule has 25 heavy (non-hydrogen) atoms. The molecule has 1 aliphatic rings. The molecule has 130 valence electrons. The number of benzene rings is 2. The van der Waals surface area contributed by atoms with Gasteiger partial charge in [-0.2, -0.15) is 0 Å². The van der Waals surface area contributed by atoms with Crippen LogP contribution in [-0.4, -0.2) is 18.4 Å². The first-order chi connectivity index (χ1) is 12.0. The monoisotopic (exact) mass is 337 g/mol. The summed E-state index contributed by atoms with van der Waals surface area (Å²) in [6.45, 7) is 6.67. The van der Waals surface area contributed by atoms with Crippen molar-refractivity contribution in [1.82, 2.24) is 0 Å². The predicted molar refractivity (Wildman–Crippen MR) is 97.4 cm³/mol. The minimum Gasteiger partial charge on any atom is -0.461 e. The fourth-order valence-corrected chi connectivity index (χ4v) is 3.08. The fourth-order valence-electron chi connectivity index (χ4n) is 3.08. The van der Waals surface area contributed by atoms with Gasteiger partial charge in [0.05, 0.1) is 5.92 Å². The van der Waals surface area contributed by atoms with Crippen molar-refractivity contribution in [3.05, 3.63) is 64.7 Å². The molecule has 0 saturated carbocycles. The third kappa shape index (κ3) is 3.73. The highest BCUT2D eigenvalue weighted by Gasteiger charge is 2.36. The van der Waals surface area contributed by atoms with Crippen LogP contribution in [0.15, 0.2) is 42.5 Å². The molecule has 0 radical (unpaired) electrons. The summed E-state index contributed by atoms with van der Waals surface area (Å²) in [5, 5.41) is 0. The van der Waals surface area contributed by atoms with Gasteiger partial charge in [0, 0.05) is 18.7 Å². The van der Waals surface area contributed by atoms with Gasteiger partial charge >= 0.3 is 5.97 Å². The standard InChI is InChI=1S/C21H23NO3/c1-14-7-9-17(10-8-14)13-25-21(24)18-11-20(23)22(12-18)19-6-4-5-15(2)16(19)3/h4-10,18H,11-13H2,1-3H3/t18-/m1/s1. The second-order valence-electron chi connectivity index (χ2n) is 6.72. The van der Waals surface area contributed by atoms with Crippen LogP contribution in [0.3, 0.4) is 0 Å². The van der Waals surface area contributed by atoms with E-state index >= 15 is 0 Å². The lowest BCUT2D eigenvalue weighted by Crippen LogP contribution is -2.27. The van der Waals surface area contributed by atoms with Gasteiger partial charge in [-0.25, -0.2) is 0 Å². The smallest absolute Gasteiger partial charge is 0.311 e. The van der Waals surface area contributed by atoms with Crippen LogP contribution in [0.25, 0.3) is 0 Å². The number of ether oxygens (including phenoxy) is 1. The van der Waals surface area contributed by atoms with Crippen molar-refractivity contribution in [2.24, 2.45) is 5.92 Å². The molecule has 1 saturated heterocycles. The highest BCUT2D eigenvalue weighted by atomic mass is 16.5. The highest BCUT2D eigenvalue weighted by molar-refractivity contribution is 6.00. The molecule has 1 atom stereocenters. The summed E-state index contributed by atoms with van der Waals surface area (Å²) in [6, 6.07) is 13.8. The summed E-state index contributed by atoms with van der Waals surface area (Å²) in [7, 11) is 0. The number of aryl methyl sites for hydroxylation is 2. The van der Waals surface area contributed by atoms with E-state index < -0.39 is 5.92 Å². The number of carbonyl (C=O) groups is 2. The van der Waals surface area contributed by atoms with Crippen LogP contribution in [-0.2, 0) is 20.9 Å². The number of hydrogen-bond donors (Lipinski definition) is 0. The Hall–Kier alpha value is -2.62. The van der Waals surface area contributed by atoms with Crippen LogP contribution in [0, 0.1) is 26.7 Å². The molecule has 0 bridgehead atoms. The summed E-state index contributed by atoms with van der Waals surface area (Å²) >= 11 is 0. The zero-order valence-corrected chi connectivity index (χ0v) is 14.9. The van der Waals surface area contributed by atoms with Gasteiger partial charge in [-0.05, 0) is 43.5 Å². The largest absolute Gasteiger partial charge is 0.461 e. The van der Waals surface area contributed by atoms with E-state index in [2.05, 4.69) is 0 Å². The van der Waals surface area contributed by atoms with E-state index in [-0.39, 0.29) is 24.9 Å². The van der Waals surface area contributed by atoms with Crippen LogP contribution in [0.4, 0.5) is 5.69 Å². The summed E-state index contributed by atoms with van der Waals surface area (Å²) in [4.78, 5) is 26.5. The fraction of sp³-hybridized carbons (Fsp3) is 0.333. The van der Waals surface area contributed by atoms with E-state index in [1.807, 2.05) is 63.2 Å². The molecule has 0 unspecified atom stereocenters. The Morgan fingerprint density at radius 1 is 1.12 bits per heavy atom.